The number of nitrogen functional groups attached to an aromatic ring is 1. The maximum absolute atomic E-state index is 12.9. The number of aromatic nitrogens is 2. The zero-order valence-electron chi connectivity index (χ0n) is 24.9. The Kier molecular flexibility index (Phi) is 9.47. The van der Waals surface area contributed by atoms with E-state index in [-0.39, 0.29) is 15.1 Å². The molecule has 7 amide bonds. The number of hydrazine groups is 1. The number of ether oxygens (including phenoxy) is 1. The highest BCUT2D eigenvalue weighted by molar-refractivity contribution is 7.88. The van der Waals surface area contributed by atoms with E-state index in [1.807, 2.05) is 0 Å². The van der Waals surface area contributed by atoms with Gasteiger partial charge in [-0.25, -0.2) is 33.4 Å². The van der Waals surface area contributed by atoms with Gasteiger partial charge in [0, 0.05) is 11.4 Å². The second-order valence-electron chi connectivity index (χ2n) is 10.2. The highest BCUT2D eigenvalue weighted by Crippen LogP contribution is 2.19. The predicted molar refractivity (Wildman–Crippen MR) is 159 cm³/mol. The van der Waals surface area contributed by atoms with Crippen LogP contribution in [0.25, 0.3) is 0 Å². The van der Waals surface area contributed by atoms with E-state index >= 15 is 0 Å². The van der Waals surface area contributed by atoms with Crippen molar-refractivity contribution in [1.29, 1.82) is 0 Å². The van der Waals surface area contributed by atoms with Crippen LogP contribution in [0.4, 0.5) is 14.7 Å². The van der Waals surface area contributed by atoms with Crippen molar-refractivity contribution in [3.63, 3.8) is 0 Å². The minimum atomic E-state index is -4.93. The lowest BCUT2D eigenvalue weighted by Crippen LogP contribution is -2.68. The van der Waals surface area contributed by atoms with E-state index in [9.17, 15) is 52.2 Å². The fraction of sp³-hybridized carbons (Fsp3) is 0.348. The van der Waals surface area contributed by atoms with Gasteiger partial charge in [0.05, 0.1) is 26.7 Å². The maximum atomic E-state index is 12.9. The summed E-state index contributed by atoms with van der Waals surface area (Å²) in [4.78, 5) is 98.3. The van der Waals surface area contributed by atoms with Gasteiger partial charge in [-0.2, -0.15) is 8.42 Å². The molecular formula is C23H26N10O13S2. The summed E-state index contributed by atoms with van der Waals surface area (Å²) in [5.41, 5.74) is 3.73. The van der Waals surface area contributed by atoms with Crippen LogP contribution in [0.15, 0.2) is 21.4 Å². The van der Waals surface area contributed by atoms with Gasteiger partial charge in [0.15, 0.2) is 10.8 Å². The van der Waals surface area contributed by atoms with Crippen LogP contribution in [0.2, 0.25) is 0 Å². The molecule has 258 valence electrons. The molecular weight excluding hydrogens is 688 g/mol. The Morgan fingerprint density at radius 1 is 1.21 bits per heavy atom. The molecule has 2 aromatic rings. The first kappa shape index (κ1) is 34.9. The Morgan fingerprint density at radius 3 is 2.48 bits per heavy atom. The van der Waals surface area contributed by atoms with Crippen molar-refractivity contribution in [1.82, 2.24) is 39.6 Å². The molecule has 2 aliphatic heterocycles. The smallest absolute Gasteiger partial charge is 0.353 e. The molecule has 0 unspecified atom stereocenters. The molecule has 48 heavy (non-hydrogen) atoms. The number of H-pyrrole nitrogens is 1. The minimum Gasteiger partial charge on any atom is -0.500 e. The van der Waals surface area contributed by atoms with Gasteiger partial charge in [-0.05, 0) is 13.8 Å². The van der Waals surface area contributed by atoms with Crippen molar-refractivity contribution in [3.05, 3.63) is 33.1 Å². The number of nitrogens with two attached hydrogens (primary N) is 1. The molecule has 0 bridgehead atoms. The number of rotatable bonds is 11. The van der Waals surface area contributed by atoms with Crippen LogP contribution in [0.1, 0.15) is 30.0 Å². The molecule has 4 rings (SSSR count). The van der Waals surface area contributed by atoms with Crippen molar-refractivity contribution < 1.29 is 57.0 Å². The number of carbonyl (C=O) groups is 6. The number of carboxylic acid groups (broad SMARTS) is 1. The highest BCUT2D eigenvalue weighted by Gasteiger charge is 2.46. The number of hydrogen-bond donors (Lipinski definition) is 7. The number of carbonyl (C=O) groups excluding carboxylic acids is 5. The van der Waals surface area contributed by atoms with Gasteiger partial charge in [-0.15, -0.1) is 11.3 Å². The Morgan fingerprint density at radius 2 is 1.90 bits per heavy atom. The van der Waals surface area contributed by atoms with Crippen molar-refractivity contribution in [2.45, 2.75) is 25.5 Å². The molecule has 0 radical (unpaired) electrons. The number of β-lactam (4-membered cyclic amide) rings is 1. The van der Waals surface area contributed by atoms with Crippen LogP contribution < -0.4 is 31.4 Å². The number of methoxy groups -OCH3 is 1. The van der Waals surface area contributed by atoms with Crippen molar-refractivity contribution >= 4 is 68.1 Å². The van der Waals surface area contributed by atoms with E-state index in [1.165, 1.54) is 5.38 Å². The lowest BCUT2D eigenvalue weighted by atomic mass is 10.1. The Bertz CT molecular complexity index is 1900. The van der Waals surface area contributed by atoms with Gasteiger partial charge in [0.1, 0.15) is 17.4 Å². The first-order valence-electron chi connectivity index (χ1n) is 13.2. The minimum absolute atomic E-state index is 0.0307. The number of hydrogen-bond acceptors (Lipinski definition) is 16. The molecule has 25 heteroatoms. The molecule has 1 atom stereocenters. The number of aromatic amines is 1. The molecule has 2 aliphatic rings. The number of imide groups is 1. The molecule has 8 N–H and O–H groups in total. The number of nitrogens with one attached hydrogen (secondary N) is 4. The number of urea groups is 2. The van der Waals surface area contributed by atoms with E-state index in [0.717, 1.165) is 32.3 Å². The van der Waals surface area contributed by atoms with Crippen molar-refractivity contribution in [3.8, 4) is 11.6 Å². The van der Waals surface area contributed by atoms with Gasteiger partial charge in [-0.1, -0.05) is 5.16 Å². The van der Waals surface area contributed by atoms with Crippen LogP contribution in [-0.2, 0) is 29.4 Å². The zero-order chi connectivity index (χ0) is 35.7. The molecule has 23 nitrogen and oxygen atoms in total. The molecule has 2 saturated heterocycles. The first-order chi connectivity index (χ1) is 22.4. The summed E-state index contributed by atoms with van der Waals surface area (Å²) in [7, 11) is -3.83. The molecule has 2 fully saturated rings. The molecule has 2 aromatic heterocycles. The van der Waals surface area contributed by atoms with Gasteiger partial charge >= 0.3 is 28.2 Å². The number of oxime groups is 1. The topological polar surface area (TPSA) is 325 Å². The number of likely N-dealkylation sites (tertiary alicyclic amines) is 1. The highest BCUT2D eigenvalue weighted by atomic mass is 32.2. The van der Waals surface area contributed by atoms with E-state index in [1.54, 1.807) is 4.72 Å². The number of amides is 7. The largest absolute Gasteiger partial charge is 0.500 e. The summed E-state index contributed by atoms with van der Waals surface area (Å²) in [6.45, 7) is 0.854. The van der Waals surface area contributed by atoms with Gasteiger partial charge in [-0.3, -0.25) is 29.5 Å². The Hall–Kier alpha value is -5.98. The van der Waals surface area contributed by atoms with Gasteiger partial charge < -0.3 is 35.8 Å². The van der Waals surface area contributed by atoms with Crippen LogP contribution >= 0.6 is 11.3 Å². The lowest BCUT2D eigenvalue weighted by molar-refractivity contribution is -0.161. The quantitative estimate of drug-likeness (QED) is 0.0696. The maximum Gasteiger partial charge on any atom is 0.353 e. The predicted octanol–water partition coefficient (Wildman–Crippen LogP) is -2.92. The number of pyridine rings is 1. The monoisotopic (exact) mass is 714 g/mol. The van der Waals surface area contributed by atoms with Crippen LogP contribution in [0.3, 0.4) is 0 Å². The number of aliphatic carboxylic acids is 1. The summed E-state index contributed by atoms with van der Waals surface area (Å²) >= 11 is 0.925. The zero-order valence-corrected chi connectivity index (χ0v) is 26.5. The molecule has 0 saturated carbocycles. The van der Waals surface area contributed by atoms with Crippen LogP contribution in [-0.4, -0.2) is 123 Å². The number of thiazole rings is 1. The Balaban J connectivity index is 1.36. The summed E-state index contributed by atoms with van der Waals surface area (Å²) in [6, 6.07) is -3.43. The van der Waals surface area contributed by atoms with Crippen LogP contribution in [0.5, 0.6) is 11.6 Å². The van der Waals surface area contributed by atoms with Crippen molar-refractivity contribution in [2.75, 3.05) is 32.5 Å². The number of carboxylic acids is 1. The summed E-state index contributed by atoms with van der Waals surface area (Å²) in [5, 5.41) is 26.6. The summed E-state index contributed by atoms with van der Waals surface area (Å²) in [6.07, 6.45) is 0. The van der Waals surface area contributed by atoms with E-state index in [0.29, 0.717) is 16.0 Å². The number of nitrogens with zero attached hydrogens (tertiary/aromatic N) is 5. The molecule has 0 aliphatic carbocycles. The summed E-state index contributed by atoms with van der Waals surface area (Å²) < 4.78 is 32.1. The third-order valence-corrected chi connectivity index (χ3v) is 8.50. The molecule has 4 heterocycles. The SMILES string of the molecule is COc1[nH]c(C(=O)NN2CCN(S(=O)(=O)NC(=O)N3C[C@H](NC(=O)C(=NOC(C)(C)C(=O)O)c4csc(N)n4)C3=O)C2=O)cc(=O)c1O. The molecule has 0 spiro atoms. The second kappa shape index (κ2) is 13.0. The van der Waals surface area contributed by atoms with E-state index in [2.05, 4.69) is 25.9 Å². The normalized spacial score (nSPS) is 16.7. The number of anilines is 1. The van der Waals surface area contributed by atoms with E-state index < -0.39 is 106 Å². The average molecular weight is 715 g/mol. The fourth-order valence-corrected chi connectivity index (χ4v) is 5.40. The standard InChI is InChI=1S/C23H26N10O13S2/c1-23(2,19(39)40)46-29-13(11-8-47-20(24)27-11)16(37)25-10-7-31(18(10)38)21(41)30-48(43,44)33-5-4-32(22(33)42)28-15(36)9-6-12(34)14(35)17(26-9)45-3/h6,8,10,35H,4-5,7H2,1-3H3,(H2,24,27)(H,25,37)(H,26,34)(H,28,36)(H,30,41)(H,39,40)/t10-/m0/s1. The van der Waals surface area contributed by atoms with Gasteiger partial charge in [0.25, 0.3) is 17.7 Å². The third kappa shape index (κ3) is 7.04. The van der Waals surface area contributed by atoms with Crippen molar-refractivity contribution in [2.24, 2.45) is 5.16 Å². The average Bonchev–Trinajstić information content (AvgIpc) is 3.60. The molecule has 0 aromatic carbocycles. The van der Waals surface area contributed by atoms with Crippen LogP contribution in [0, 0.1) is 0 Å². The Labute approximate surface area is 272 Å². The third-order valence-electron chi connectivity index (χ3n) is 6.47. The van der Waals surface area contributed by atoms with E-state index in [4.69, 9.17) is 15.3 Å². The summed E-state index contributed by atoms with van der Waals surface area (Å²) in [5.74, 6) is -5.85. The fourth-order valence-electron chi connectivity index (χ4n) is 3.79. The van der Waals surface area contributed by atoms with Gasteiger partial charge in [0.2, 0.25) is 22.7 Å². The second-order valence-corrected chi connectivity index (χ2v) is 12.7. The number of aromatic hydroxyl groups is 1. The lowest BCUT2D eigenvalue weighted by Gasteiger charge is -2.36. The first-order valence-corrected chi connectivity index (χ1v) is 15.5.